The first kappa shape index (κ1) is 12.8. The van der Waals surface area contributed by atoms with Gasteiger partial charge in [-0.15, -0.1) is 11.3 Å². The maximum absolute atomic E-state index is 10.1. The third-order valence-electron chi connectivity index (χ3n) is 2.57. The summed E-state index contributed by atoms with van der Waals surface area (Å²) in [5.74, 6) is 0. The Morgan fingerprint density at radius 2 is 2.29 bits per heavy atom. The Labute approximate surface area is 113 Å². The van der Waals surface area contributed by atoms with Gasteiger partial charge < -0.3 is 5.11 Å². The lowest BCUT2D eigenvalue weighted by molar-refractivity contribution is 0.177. The minimum Gasteiger partial charge on any atom is -0.388 e. The second-order valence-electron chi connectivity index (χ2n) is 4.28. The number of hydrogen-bond acceptors (Lipinski definition) is 3. The first-order valence-electron chi connectivity index (χ1n) is 5.52. The summed E-state index contributed by atoms with van der Waals surface area (Å²) < 4.78 is 2.95. The summed E-state index contributed by atoms with van der Waals surface area (Å²) in [6.45, 7) is 4.17. The van der Waals surface area contributed by atoms with Crippen molar-refractivity contribution in [2.45, 2.75) is 32.4 Å². The van der Waals surface area contributed by atoms with E-state index in [1.807, 2.05) is 28.4 Å². The van der Waals surface area contributed by atoms with E-state index < -0.39 is 6.10 Å². The molecule has 0 radical (unpaired) electrons. The highest BCUT2D eigenvalue weighted by Crippen LogP contribution is 2.27. The monoisotopic (exact) mass is 314 g/mol. The number of aromatic nitrogens is 2. The topological polar surface area (TPSA) is 38.0 Å². The molecule has 0 bridgehead atoms. The van der Waals surface area contributed by atoms with Crippen LogP contribution < -0.4 is 0 Å². The average Bonchev–Trinajstić information content (AvgIpc) is 2.86. The minimum absolute atomic E-state index is 0.358. The van der Waals surface area contributed by atoms with E-state index in [2.05, 4.69) is 34.9 Å². The zero-order chi connectivity index (χ0) is 12.4. The molecule has 3 nitrogen and oxygen atoms in total. The summed E-state index contributed by atoms with van der Waals surface area (Å²) in [5.41, 5.74) is 1.87. The van der Waals surface area contributed by atoms with Gasteiger partial charge >= 0.3 is 0 Å². The Kier molecular flexibility index (Phi) is 4.01. The number of hydrogen-bond donors (Lipinski definition) is 1. The van der Waals surface area contributed by atoms with Gasteiger partial charge in [0, 0.05) is 18.7 Å². The Morgan fingerprint density at radius 3 is 2.82 bits per heavy atom. The maximum atomic E-state index is 10.1. The number of nitrogens with zero attached hydrogens (tertiary/aromatic N) is 2. The highest BCUT2D eigenvalue weighted by atomic mass is 79.9. The number of thiophene rings is 1. The van der Waals surface area contributed by atoms with Crippen LogP contribution in [-0.4, -0.2) is 14.9 Å². The Bertz CT molecular complexity index is 492. The van der Waals surface area contributed by atoms with Crippen molar-refractivity contribution in [3.05, 3.63) is 38.8 Å². The molecule has 0 spiro atoms. The molecule has 2 rings (SSSR count). The molecule has 17 heavy (non-hydrogen) atoms. The number of aliphatic hydroxyl groups is 1. The van der Waals surface area contributed by atoms with E-state index in [-0.39, 0.29) is 0 Å². The van der Waals surface area contributed by atoms with Crippen LogP contribution in [0, 0.1) is 0 Å². The summed E-state index contributed by atoms with van der Waals surface area (Å²) in [5, 5.41) is 16.5. The van der Waals surface area contributed by atoms with Crippen LogP contribution in [0.5, 0.6) is 0 Å². The molecule has 0 aliphatic heterocycles. The SMILES string of the molecule is CC(C)n1ccc(CC(O)c2csc(Br)c2)n1. The summed E-state index contributed by atoms with van der Waals surface area (Å²) in [6, 6.07) is 4.27. The highest BCUT2D eigenvalue weighted by molar-refractivity contribution is 9.11. The van der Waals surface area contributed by atoms with Crippen LogP contribution in [0.3, 0.4) is 0 Å². The molecule has 0 aromatic carbocycles. The summed E-state index contributed by atoms with van der Waals surface area (Å²) in [7, 11) is 0. The van der Waals surface area contributed by atoms with Gasteiger partial charge in [0.05, 0.1) is 15.6 Å². The molecule has 2 aromatic heterocycles. The molecule has 0 aliphatic carbocycles. The summed E-state index contributed by atoms with van der Waals surface area (Å²) >= 11 is 4.98. The maximum Gasteiger partial charge on any atom is 0.0854 e. The van der Waals surface area contributed by atoms with Gasteiger partial charge in [-0.2, -0.15) is 5.10 Å². The molecule has 0 saturated carbocycles. The van der Waals surface area contributed by atoms with Gasteiger partial charge in [0.2, 0.25) is 0 Å². The molecule has 0 fully saturated rings. The van der Waals surface area contributed by atoms with Crippen molar-refractivity contribution in [1.29, 1.82) is 0 Å². The highest BCUT2D eigenvalue weighted by Gasteiger charge is 2.12. The van der Waals surface area contributed by atoms with E-state index in [0.717, 1.165) is 15.0 Å². The van der Waals surface area contributed by atoms with Gasteiger partial charge in [0.1, 0.15) is 0 Å². The van der Waals surface area contributed by atoms with Gasteiger partial charge in [-0.05, 0) is 52.9 Å². The molecule has 92 valence electrons. The molecular formula is C12H15BrN2OS. The smallest absolute Gasteiger partial charge is 0.0854 e. The fraction of sp³-hybridized carbons (Fsp3) is 0.417. The van der Waals surface area contributed by atoms with Crippen molar-refractivity contribution < 1.29 is 5.11 Å². The van der Waals surface area contributed by atoms with E-state index in [9.17, 15) is 5.11 Å². The number of rotatable bonds is 4. The van der Waals surface area contributed by atoms with Crippen LogP contribution in [0.4, 0.5) is 0 Å². The fourth-order valence-electron chi connectivity index (χ4n) is 1.59. The van der Waals surface area contributed by atoms with Gasteiger partial charge in [-0.1, -0.05) is 0 Å². The van der Waals surface area contributed by atoms with Crippen molar-refractivity contribution >= 4 is 27.3 Å². The molecule has 0 aliphatic rings. The molecule has 0 saturated heterocycles. The van der Waals surface area contributed by atoms with Gasteiger partial charge in [0.25, 0.3) is 0 Å². The predicted octanol–water partition coefficient (Wildman–Crippen LogP) is 3.56. The van der Waals surface area contributed by atoms with Gasteiger partial charge in [-0.25, -0.2) is 0 Å². The zero-order valence-electron chi connectivity index (χ0n) is 9.80. The average molecular weight is 315 g/mol. The lowest BCUT2D eigenvalue weighted by atomic mass is 10.1. The lowest BCUT2D eigenvalue weighted by Crippen LogP contribution is -2.04. The fourth-order valence-corrected chi connectivity index (χ4v) is 2.81. The van der Waals surface area contributed by atoms with Crippen molar-refractivity contribution in [2.24, 2.45) is 0 Å². The van der Waals surface area contributed by atoms with Crippen molar-refractivity contribution in [3.8, 4) is 0 Å². The molecular weight excluding hydrogens is 300 g/mol. The van der Waals surface area contributed by atoms with E-state index in [1.54, 1.807) is 11.3 Å². The van der Waals surface area contributed by atoms with Crippen molar-refractivity contribution in [2.75, 3.05) is 0 Å². The van der Waals surface area contributed by atoms with Crippen LogP contribution in [-0.2, 0) is 6.42 Å². The van der Waals surface area contributed by atoms with E-state index >= 15 is 0 Å². The molecule has 2 aromatic rings. The lowest BCUT2D eigenvalue weighted by Gasteiger charge is -2.07. The minimum atomic E-state index is -0.479. The largest absolute Gasteiger partial charge is 0.388 e. The van der Waals surface area contributed by atoms with E-state index in [0.29, 0.717) is 12.5 Å². The second-order valence-corrected chi connectivity index (χ2v) is 6.58. The van der Waals surface area contributed by atoms with E-state index in [4.69, 9.17) is 0 Å². The zero-order valence-corrected chi connectivity index (χ0v) is 12.2. The third-order valence-corrected chi connectivity index (χ3v) is 4.09. The Morgan fingerprint density at radius 1 is 1.53 bits per heavy atom. The van der Waals surface area contributed by atoms with Gasteiger partial charge in [-0.3, -0.25) is 4.68 Å². The second kappa shape index (κ2) is 5.33. The molecule has 0 amide bonds. The Balaban J connectivity index is 2.05. The third kappa shape index (κ3) is 3.18. The number of aliphatic hydroxyl groups excluding tert-OH is 1. The van der Waals surface area contributed by atoms with Crippen LogP contribution in [0.2, 0.25) is 0 Å². The van der Waals surface area contributed by atoms with Gasteiger partial charge in [0.15, 0.2) is 0 Å². The molecule has 5 heteroatoms. The molecule has 1 N–H and O–H groups in total. The van der Waals surface area contributed by atoms with Crippen LogP contribution >= 0.6 is 27.3 Å². The van der Waals surface area contributed by atoms with Crippen LogP contribution in [0.25, 0.3) is 0 Å². The molecule has 1 atom stereocenters. The first-order valence-corrected chi connectivity index (χ1v) is 7.19. The normalized spacial score (nSPS) is 13.2. The molecule has 2 heterocycles. The summed E-state index contributed by atoms with van der Waals surface area (Å²) in [6.07, 6.45) is 2.03. The van der Waals surface area contributed by atoms with Crippen LogP contribution in [0.15, 0.2) is 27.5 Å². The number of halogens is 1. The standard InChI is InChI=1S/C12H15BrN2OS/c1-8(2)15-4-3-10(14-15)6-11(16)9-5-12(13)17-7-9/h3-5,7-8,11,16H,6H2,1-2H3. The van der Waals surface area contributed by atoms with Crippen LogP contribution in [0.1, 0.15) is 37.3 Å². The first-order chi connectivity index (χ1) is 8.06. The summed E-state index contributed by atoms with van der Waals surface area (Å²) in [4.78, 5) is 0. The van der Waals surface area contributed by atoms with Crippen molar-refractivity contribution in [1.82, 2.24) is 9.78 Å². The van der Waals surface area contributed by atoms with E-state index in [1.165, 1.54) is 0 Å². The molecule has 1 unspecified atom stereocenters. The quantitative estimate of drug-likeness (QED) is 0.937. The Hall–Kier alpha value is -0.650. The predicted molar refractivity (Wildman–Crippen MR) is 73.3 cm³/mol. The van der Waals surface area contributed by atoms with Crippen molar-refractivity contribution in [3.63, 3.8) is 0 Å².